The lowest BCUT2D eigenvalue weighted by Gasteiger charge is -2.43. The molecule has 14 heteroatoms. The van der Waals surface area contributed by atoms with Crippen LogP contribution in [0.25, 0.3) is 0 Å². The summed E-state index contributed by atoms with van der Waals surface area (Å²) in [5.74, 6) is -0.941. The summed E-state index contributed by atoms with van der Waals surface area (Å²) in [5, 5.41) is 5.98. The van der Waals surface area contributed by atoms with Gasteiger partial charge < -0.3 is 29.2 Å². The van der Waals surface area contributed by atoms with E-state index in [0.29, 0.717) is 50.9 Å². The van der Waals surface area contributed by atoms with Crippen molar-refractivity contribution in [1.29, 1.82) is 0 Å². The third-order valence-electron chi connectivity index (χ3n) is 8.57. The van der Waals surface area contributed by atoms with E-state index in [1.807, 2.05) is 17.0 Å². The molecule has 10 nitrogen and oxygen atoms in total. The lowest BCUT2D eigenvalue weighted by Crippen LogP contribution is -2.56. The van der Waals surface area contributed by atoms with Gasteiger partial charge in [0.15, 0.2) is 0 Å². The highest BCUT2D eigenvalue weighted by Crippen LogP contribution is 2.31. The van der Waals surface area contributed by atoms with E-state index in [0.717, 1.165) is 44.5 Å². The Hall–Kier alpha value is -3.02. The van der Waals surface area contributed by atoms with Crippen molar-refractivity contribution in [1.82, 2.24) is 19.6 Å². The van der Waals surface area contributed by atoms with Gasteiger partial charge in [0.25, 0.3) is 5.91 Å². The van der Waals surface area contributed by atoms with E-state index in [2.05, 4.69) is 16.6 Å². The van der Waals surface area contributed by atoms with Crippen LogP contribution in [0.4, 0.5) is 4.79 Å². The van der Waals surface area contributed by atoms with E-state index in [-0.39, 0.29) is 43.6 Å². The number of hydrogen-bond donors (Lipinski definition) is 0. The summed E-state index contributed by atoms with van der Waals surface area (Å²) in [6.07, 6.45) is 4.60. The number of piperidine rings is 1. The molecule has 2 heterocycles. The summed E-state index contributed by atoms with van der Waals surface area (Å²) in [7, 11) is 3.16. The number of rotatable bonds is 14. The van der Waals surface area contributed by atoms with Crippen LogP contribution >= 0.6 is 46.4 Å². The zero-order valence-corrected chi connectivity index (χ0v) is 30.2. The Bertz CT molecular complexity index is 1480. The smallest absolute Gasteiger partial charge is 0.326 e. The third-order valence-corrected chi connectivity index (χ3v) is 9.74. The first-order chi connectivity index (χ1) is 23.0. The van der Waals surface area contributed by atoms with E-state index >= 15 is 0 Å². The minimum absolute atomic E-state index is 0.0584. The van der Waals surface area contributed by atoms with E-state index in [1.54, 1.807) is 41.1 Å². The average molecular weight is 742 g/mol. The molecular weight excluding hydrogens is 700 g/mol. The van der Waals surface area contributed by atoms with Gasteiger partial charge in [0.2, 0.25) is 0 Å². The molecule has 1 atom stereocenters. The number of urea groups is 1. The van der Waals surface area contributed by atoms with Gasteiger partial charge in [0.05, 0.1) is 22.3 Å². The Morgan fingerprint density at radius 1 is 1.04 bits per heavy atom. The normalized spacial score (nSPS) is 16.9. The van der Waals surface area contributed by atoms with Gasteiger partial charge >= 0.3 is 12.0 Å². The molecule has 4 rings (SSSR count). The van der Waals surface area contributed by atoms with Crippen LogP contribution in [-0.4, -0.2) is 116 Å². The van der Waals surface area contributed by atoms with Crippen molar-refractivity contribution in [2.45, 2.75) is 37.6 Å². The Labute approximate surface area is 302 Å². The summed E-state index contributed by atoms with van der Waals surface area (Å²) < 4.78 is 5.09. The predicted octanol–water partition coefficient (Wildman–Crippen LogP) is 6.87. The predicted molar refractivity (Wildman–Crippen MR) is 191 cm³/mol. The third kappa shape index (κ3) is 10.2. The van der Waals surface area contributed by atoms with Crippen molar-refractivity contribution in [2.24, 2.45) is 5.16 Å². The Balaban J connectivity index is 1.42. The van der Waals surface area contributed by atoms with Crippen LogP contribution in [0.1, 0.15) is 47.5 Å². The fourth-order valence-corrected chi connectivity index (χ4v) is 7.03. The number of ether oxygens (including phenoxy) is 1. The van der Waals surface area contributed by atoms with Crippen LogP contribution in [0, 0.1) is 0 Å². The highest BCUT2D eigenvalue weighted by molar-refractivity contribution is 6.42. The molecule has 2 aromatic rings. The van der Waals surface area contributed by atoms with Gasteiger partial charge in [-0.1, -0.05) is 70.3 Å². The number of esters is 1. The first kappa shape index (κ1) is 37.8. The molecule has 0 aliphatic carbocycles. The molecule has 1 unspecified atom stereocenters. The second-order valence-corrected chi connectivity index (χ2v) is 13.6. The molecule has 3 amide bonds. The van der Waals surface area contributed by atoms with Gasteiger partial charge in [-0.15, -0.1) is 0 Å². The number of nitrogens with zero attached hydrogens (tertiary/aromatic N) is 5. The van der Waals surface area contributed by atoms with Crippen molar-refractivity contribution in [3.8, 4) is 0 Å². The summed E-state index contributed by atoms with van der Waals surface area (Å²) in [6, 6.07) is 10.2. The maximum atomic E-state index is 13.4. The van der Waals surface area contributed by atoms with Gasteiger partial charge in [-0.2, -0.15) is 0 Å². The molecule has 0 aromatic heterocycles. The summed E-state index contributed by atoms with van der Waals surface area (Å²) in [4.78, 5) is 51.4. The summed E-state index contributed by atoms with van der Waals surface area (Å²) in [5.41, 5.74) is 1.90. The van der Waals surface area contributed by atoms with Gasteiger partial charge in [-0.3, -0.25) is 9.59 Å². The topological polar surface area (TPSA) is 95.0 Å². The van der Waals surface area contributed by atoms with Crippen LogP contribution in [0.3, 0.4) is 0 Å². The minimum Gasteiger partial charge on any atom is -0.460 e. The van der Waals surface area contributed by atoms with E-state index in [9.17, 15) is 14.4 Å². The number of carbonyl (C=O) groups excluding carboxylic acids is 3. The second kappa shape index (κ2) is 18.1. The summed E-state index contributed by atoms with van der Waals surface area (Å²) >= 11 is 25.0. The zero-order chi connectivity index (χ0) is 34.8. The molecule has 0 radical (unpaired) electrons. The largest absolute Gasteiger partial charge is 0.460 e. The second-order valence-electron chi connectivity index (χ2n) is 11.9. The van der Waals surface area contributed by atoms with E-state index < -0.39 is 5.97 Å². The lowest BCUT2D eigenvalue weighted by atomic mass is 9.89. The number of halogens is 4. The van der Waals surface area contributed by atoms with Crippen LogP contribution < -0.4 is 0 Å². The minimum atomic E-state index is -0.433. The van der Waals surface area contributed by atoms with E-state index in [4.69, 9.17) is 56.0 Å². The number of carbonyl (C=O) groups is 3. The molecule has 0 N–H and O–H groups in total. The highest BCUT2D eigenvalue weighted by Gasteiger charge is 2.34. The quantitative estimate of drug-likeness (QED) is 0.0909. The van der Waals surface area contributed by atoms with Crippen LogP contribution in [0.5, 0.6) is 0 Å². The SMILES string of the molecule is C=CCOC(=O)CN1CCCN(C2CCN(CCC(/C(CN(C)C(=O)c3cc(Cl)cc(Cl)c3)=N/OC)c3ccc(Cl)c(Cl)c3)CC2)C1=O. The molecule has 2 fully saturated rings. The Morgan fingerprint density at radius 3 is 2.40 bits per heavy atom. The van der Waals surface area contributed by atoms with Crippen molar-refractivity contribution < 1.29 is 24.0 Å². The molecule has 0 spiro atoms. The molecule has 2 aromatic carbocycles. The fraction of sp³-hybridized carbons (Fsp3) is 0.471. The zero-order valence-electron chi connectivity index (χ0n) is 27.2. The Morgan fingerprint density at radius 2 is 1.75 bits per heavy atom. The van der Waals surface area contributed by atoms with Crippen LogP contribution in [-0.2, 0) is 14.4 Å². The van der Waals surface area contributed by atoms with Crippen LogP contribution in [0.15, 0.2) is 54.2 Å². The molecule has 2 aliphatic rings. The fourth-order valence-electron chi connectivity index (χ4n) is 6.20. The molecular formula is C34H41Cl4N5O5. The molecule has 260 valence electrons. The van der Waals surface area contributed by atoms with E-state index in [1.165, 1.54) is 13.2 Å². The van der Waals surface area contributed by atoms with Crippen molar-refractivity contribution in [2.75, 3.05) is 66.6 Å². The monoisotopic (exact) mass is 739 g/mol. The van der Waals surface area contributed by atoms with Crippen molar-refractivity contribution in [3.05, 3.63) is 80.3 Å². The number of likely N-dealkylation sites (tertiary alicyclic amines) is 1. The van der Waals surface area contributed by atoms with Crippen molar-refractivity contribution in [3.63, 3.8) is 0 Å². The number of hydrogen-bond acceptors (Lipinski definition) is 7. The van der Waals surface area contributed by atoms with Crippen LogP contribution in [0.2, 0.25) is 20.1 Å². The molecule has 2 aliphatic heterocycles. The molecule has 0 saturated carbocycles. The average Bonchev–Trinajstić information content (AvgIpc) is 3.06. The van der Waals surface area contributed by atoms with Gasteiger partial charge in [-0.25, -0.2) is 4.79 Å². The molecule has 0 bridgehead atoms. The molecule has 2 saturated heterocycles. The maximum absolute atomic E-state index is 13.4. The number of benzene rings is 2. The molecule has 48 heavy (non-hydrogen) atoms. The first-order valence-electron chi connectivity index (χ1n) is 15.8. The van der Waals surface area contributed by atoms with Crippen molar-refractivity contribution >= 4 is 70.0 Å². The van der Waals surface area contributed by atoms with Gasteiger partial charge in [0.1, 0.15) is 20.3 Å². The van der Waals surface area contributed by atoms with Gasteiger partial charge in [-0.05, 0) is 68.1 Å². The first-order valence-corrected chi connectivity index (χ1v) is 17.3. The summed E-state index contributed by atoms with van der Waals surface area (Å²) in [6.45, 7) is 7.34. The Kier molecular flexibility index (Phi) is 14.3. The standard InChI is InChI=1S/C34H41Cl4N5O5/c1-4-16-48-32(44)22-42-11-5-12-43(34(42)46)27-8-13-41(14-9-27)15-10-28(23-6-7-29(37)30(38)19-23)31(39-47-3)21-40(2)33(45)24-17-25(35)20-26(36)18-24/h4,6-7,17-20,27-28H,1,5,8-16,21-22H2,2-3H3/b39-31+. The number of oxime groups is 1. The maximum Gasteiger partial charge on any atom is 0.326 e. The lowest BCUT2D eigenvalue weighted by molar-refractivity contribution is -0.143. The highest BCUT2D eigenvalue weighted by atomic mass is 35.5. The number of amides is 3. The van der Waals surface area contributed by atoms with Gasteiger partial charge in [0, 0.05) is 60.8 Å².